The summed E-state index contributed by atoms with van der Waals surface area (Å²) in [6.07, 6.45) is 0. The lowest BCUT2D eigenvalue weighted by molar-refractivity contribution is -0.130. The minimum Gasteiger partial charge on any atom is -0.503 e. The molecule has 186 valence electrons. The molecule has 4 aromatic rings. The number of thiophene rings is 1. The number of carbonyl (C=O) groups is 2. The Kier molecular flexibility index (Phi) is 7.05. The third-order valence-electron chi connectivity index (χ3n) is 6.23. The van der Waals surface area contributed by atoms with E-state index in [0.29, 0.717) is 28.5 Å². The summed E-state index contributed by atoms with van der Waals surface area (Å²) >= 11 is 1.27. The van der Waals surface area contributed by atoms with Gasteiger partial charge in [-0.05, 0) is 40.3 Å². The van der Waals surface area contributed by atoms with Crippen LogP contribution in [0.4, 0.5) is 0 Å². The quantitative estimate of drug-likeness (QED) is 0.274. The maximum atomic E-state index is 13.5. The van der Waals surface area contributed by atoms with Crippen LogP contribution in [-0.2, 0) is 17.9 Å². The highest BCUT2D eigenvalue weighted by atomic mass is 32.1. The van der Waals surface area contributed by atoms with Crippen molar-refractivity contribution in [3.8, 4) is 11.5 Å². The van der Waals surface area contributed by atoms with Crippen LogP contribution in [0.15, 0.2) is 108 Å². The topological polar surface area (TPSA) is 76.1 Å². The van der Waals surface area contributed by atoms with E-state index in [9.17, 15) is 14.7 Å². The molecule has 0 saturated carbocycles. The summed E-state index contributed by atoms with van der Waals surface area (Å²) in [6, 6.07) is 27.3. The Morgan fingerprint density at radius 3 is 2.27 bits per heavy atom. The van der Waals surface area contributed by atoms with E-state index in [2.05, 4.69) is 0 Å². The Balaban J connectivity index is 1.52. The third-order valence-corrected chi connectivity index (χ3v) is 7.10. The molecule has 5 rings (SSSR count). The predicted octanol–water partition coefficient (Wildman–Crippen LogP) is 6.11. The third kappa shape index (κ3) is 4.99. The molecule has 1 atom stereocenters. The molecule has 0 radical (unpaired) electrons. The van der Waals surface area contributed by atoms with Gasteiger partial charge in [0.1, 0.15) is 6.61 Å². The number of Topliss-reactive ketones (excluding diaryl/α,β-unsaturated/α-hetero) is 1. The molecule has 1 unspecified atom stereocenters. The van der Waals surface area contributed by atoms with E-state index in [-0.39, 0.29) is 17.9 Å². The summed E-state index contributed by atoms with van der Waals surface area (Å²) in [7, 11) is 1.54. The van der Waals surface area contributed by atoms with Gasteiger partial charge in [-0.1, -0.05) is 72.8 Å². The first-order valence-corrected chi connectivity index (χ1v) is 12.7. The molecule has 0 spiro atoms. The number of rotatable bonds is 9. The second-order valence-corrected chi connectivity index (χ2v) is 9.52. The fourth-order valence-electron chi connectivity index (χ4n) is 4.42. The lowest BCUT2D eigenvalue weighted by Crippen LogP contribution is -2.30. The van der Waals surface area contributed by atoms with Crippen LogP contribution in [0.3, 0.4) is 0 Å². The van der Waals surface area contributed by atoms with Crippen LogP contribution in [0, 0.1) is 0 Å². The molecular weight excluding hydrogens is 486 g/mol. The van der Waals surface area contributed by atoms with Gasteiger partial charge in [-0.2, -0.15) is 0 Å². The van der Waals surface area contributed by atoms with Crippen LogP contribution in [0.1, 0.15) is 32.4 Å². The van der Waals surface area contributed by atoms with Gasteiger partial charge in [0.15, 0.2) is 17.3 Å². The van der Waals surface area contributed by atoms with Crippen LogP contribution in [-0.4, -0.2) is 28.8 Å². The second kappa shape index (κ2) is 10.7. The van der Waals surface area contributed by atoms with Crippen molar-refractivity contribution in [2.45, 2.75) is 19.2 Å². The van der Waals surface area contributed by atoms with Crippen LogP contribution in [0.25, 0.3) is 0 Å². The molecule has 2 heterocycles. The minimum atomic E-state index is -0.792. The maximum absolute atomic E-state index is 13.5. The van der Waals surface area contributed by atoms with Crippen molar-refractivity contribution < 1.29 is 24.2 Å². The number of hydrogen-bond acceptors (Lipinski definition) is 6. The SMILES string of the molecule is COc1cc(C2C(C(=O)c3cccs3)=C(O)C(=O)N2Cc2ccccc2)ccc1OCc1ccccc1. The predicted molar refractivity (Wildman–Crippen MR) is 142 cm³/mol. The molecule has 7 heteroatoms. The minimum absolute atomic E-state index is 0.0587. The highest BCUT2D eigenvalue weighted by molar-refractivity contribution is 7.12. The number of aliphatic hydroxyl groups is 1. The molecule has 37 heavy (non-hydrogen) atoms. The lowest BCUT2D eigenvalue weighted by Gasteiger charge is -2.27. The molecule has 1 aromatic heterocycles. The lowest BCUT2D eigenvalue weighted by atomic mass is 9.94. The van der Waals surface area contributed by atoms with Crippen molar-refractivity contribution in [1.29, 1.82) is 0 Å². The molecule has 0 bridgehead atoms. The fraction of sp³-hybridized carbons (Fsp3) is 0.133. The number of ether oxygens (including phenoxy) is 2. The first kappa shape index (κ1) is 24.3. The van der Waals surface area contributed by atoms with Crippen LogP contribution < -0.4 is 9.47 Å². The normalized spacial score (nSPS) is 15.2. The maximum Gasteiger partial charge on any atom is 0.290 e. The van der Waals surface area contributed by atoms with Gasteiger partial charge < -0.3 is 19.5 Å². The van der Waals surface area contributed by atoms with Crippen molar-refractivity contribution in [1.82, 2.24) is 4.90 Å². The summed E-state index contributed by atoms with van der Waals surface area (Å²) in [5.41, 5.74) is 2.59. The molecule has 0 aliphatic carbocycles. The summed E-state index contributed by atoms with van der Waals surface area (Å²) < 4.78 is 11.6. The Morgan fingerprint density at radius 2 is 1.62 bits per heavy atom. The van der Waals surface area contributed by atoms with Gasteiger partial charge >= 0.3 is 0 Å². The number of benzene rings is 3. The summed E-state index contributed by atoms with van der Waals surface area (Å²) in [5.74, 6) is -0.479. The Labute approximate surface area is 219 Å². The van der Waals surface area contributed by atoms with Gasteiger partial charge in [0.2, 0.25) is 5.78 Å². The number of aliphatic hydroxyl groups excluding tert-OH is 1. The standard InChI is InChI=1S/C30H25NO5S/c1-35-24-17-22(14-15-23(24)36-19-21-11-6-3-7-12-21)27-26(28(32)25-13-8-16-37-25)29(33)30(34)31(27)18-20-9-4-2-5-10-20/h2-17,27,33H,18-19H2,1H3. The summed E-state index contributed by atoms with van der Waals surface area (Å²) in [4.78, 5) is 28.7. The number of hydrogen-bond donors (Lipinski definition) is 1. The Bertz CT molecular complexity index is 1430. The number of ketones is 1. The van der Waals surface area contributed by atoms with Crippen LogP contribution in [0.2, 0.25) is 0 Å². The molecule has 1 aliphatic rings. The van der Waals surface area contributed by atoms with Crippen molar-refractivity contribution in [3.63, 3.8) is 0 Å². The highest BCUT2D eigenvalue weighted by Gasteiger charge is 2.44. The van der Waals surface area contributed by atoms with Crippen molar-refractivity contribution in [2.24, 2.45) is 0 Å². The van der Waals surface area contributed by atoms with Crippen molar-refractivity contribution >= 4 is 23.0 Å². The zero-order valence-electron chi connectivity index (χ0n) is 20.2. The smallest absolute Gasteiger partial charge is 0.290 e. The zero-order chi connectivity index (χ0) is 25.8. The second-order valence-electron chi connectivity index (χ2n) is 8.57. The van der Waals surface area contributed by atoms with E-state index < -0.39 is 17.7 Å². The molecule has 6 nitrogen and oxygen atoms in total. The number of amides is 1. The van der Waals surface area contributed by atoms with E-state index >= 15 is 0 Å². The largest absolute Gasteiger partial charge is 0.503 e. The zero-order valence-corrected chi connectivity index (χ0v) is 21.0. The van der Waals surface area contributed by atoms with E-state index in [4.69, 9.17) is 9.47 Å². The van der Waals surface area contributed by atoms with Gasteiger partial charge in [0, 0.05) is 6.54 Å². The molecule has 1 amide bonds. The monoisotopic (exact) mass is 511 g/mol. The number of nitrogens with zero attached hydrogens (tertiary/aromatic N) is 1. The van der Waals surface area contributed by atoms with E-state index in [1.54, 1.807) is 42.8 Å². The van der Waals surface area contributed by atoms with E-state index in [0.717, 1.165) is 11.1 Å². The molecule has 1 N–H and O–H groups in total. The number of carbonyl (C=O) groups excluding carboxylic acids is 2. The van der Waals surface area contributed by atoms with Gasteiger partial charge in [-0.25, -0.2) is 0 Å². The van der Waals surface area contributed by atoms with E-state index in [1.807, 2.05) is 60.7 Å². The van der Waals surface area contributed by atoms with Gasteiger partial charge in [-0.15, -0.1) is 11.3 Å². The summed E-state index contributed by atoms with van der Waals surface area (Å²) in [6.45, 7) is 0.589. The van der Waals surface area contributed by atoms with Gasteiger partial charge in [0.05, 0.1) is 23.6 Å². The molecule has 0 saturated heterocycles. The average molecular weight is 512 g/mol. The first-order chi connectivity index (χ1) is 18.1. The average Bonchev–Trinajstić information content (AvgIpc) is 3.56. The molecule has 1 aliphatic heterocycles. The molecule has 3 aromatic carbocycles. The van der Waals surface area contributed by atoms with E-state index in [1.165, 1.54) is 16.2 Å². The fourth-order valence-corrected chi connectivity index (χ4v) is 5.10. The van der Waals surface area contributed by atoms with Crippen LogP contribution in [0.5, 0.6) is 11.5 Å². The summed E-state index contributed by atoms with van der Waals surface area (Å²) in [5, 5.41) is 12.7. The van der Waals surface area contributed by atoms with Crippen molar-refractivity contribution in [2.75, 3.05) is 7.11 Å². The first-order valence-electron chi connectivity index (χ1n) is 11.8. The molecule has 0 fully saturated rings. The highest BCUT2D eigenvalue weighted by Crippen LogP contribution is 2.42. The van der Waals surface area contributed by atoms with Crippen LogP contribution >= 0.6 is 11.3 Å². The number of methoxy groups -OCH3 is 1. The Morgan fingerprint density at radius 1 is 0.919 bits per heavy atom. The van der Waals surface area contributed by atoms with Gasteiger partial charge in [0.25, 0.3) is 5.91 Å². The van der Waals surface area contributed by atoms with Crippen molar-refractivity contribution in [3.05, 3.63) is 129 Å². The Hall–Kier alpha value is -4.36. The van der Waals surface area contributed by atoms with Gasteiger partial charge in [-0.3, -0.25) is 9.59 Å². The molecular formula is C30H25NO5S.